The van der Waals surface area contributed by atoms with E-state index in [0.717, 1.165) is 5.56 Å². The van der Waals surface area contributed by atoms with Gasteiger partial charge < -0.3 is 26.6 Å². The third-order valence-corrected chi connectivity index (χ3v) is 4.94. The molecule has 0 saturated carbocycles. The fraction of sp³-hybridized carbons (Fsp3) is 0.550. The van der Waals surface area contributed by atoms with Crippen LogP contribution in [0.25, 0.3) is 0 Å². The van der Waals surface area contributed by atoms with Gasteiger partial charge in [-0.05, 0) is 54.9 Å². The second kappa shape index (κ2) is 12.3. The summed E-state index contributed by atoms with van der Waals surface area (Å²) in [6.07, 6.45) is 2.76. The Balaban J connectivity index is 2.77. The lowest BCUT2D eigenvalue weighted by Gasteiger charge is -2.24. The largest absolute Gasteiger partial charge is 0.508 e. The number of aliphatic carboxylic acids is 1. The lowest BCUT2D eigenvalue weighted by atomic mass is 10.0. The average molecular weight is 426 g/mol. The lowest BCUT2D eigenvalue weighted by Crippen LogP contribution is -2.55. The zero-order valence-corrected chi connectivity index (χ0v) is 17.9. The van der Waals surface area contributed by atoms with E-state index in [1.54, 1.807) is 12.1 Å². The van der Waals surface area contributed by atoms with Crippen LogP contribution in [0.2, 0.25) is 0 Å². The first-order chi connectivity index (χ1) is 13.6. The number of carboxylic acid groups (broad SMARTS) is 1. The molecule has 0 bridgehead atoms. The number of hydrogen-bond acceptors (Lipinski definition) is 6. The van der Waals surface area contributed by atoms with Crippen molar-refractivity contribution in [1.82, 2.24) is 10.6 Å². The molecule has 1 rings (SSSR count). The average Bonchev–Trinajstić information content (AvgIpc) is 2.65. The van der Waals surface area contributed by atoms with Crippen molar-refractivity contribution >= 4 is 29.5 Å². The predicted octanol–water partition coefficient (Wildman–Crippen LogP) is 1.12. The van der Waals surface area contributed by atoms with Gasteiger partial charge in [-0.2, -0.15) is 11.8 Å². The van der Waals surface area contributed by atoms with E-state index in [0.29, 0.717) is 18.6 Å². The summed E-state index contributed by atoms with van der Waals surface area (Å²) >= 11 is 1.49. The van der Waals surface area contributed by atoms with Crippen molar-refractivity contribution in [3.05, 3.63) is 29.8 Å². The van der Waals surface area contributed by atoms with Gasteiger partial charge in [0.05, 0.1) is 6.04 Å². The highest BCUT2D eigenvalue weighted by molar-refractivity contribution is 7.98. The highest BCUT2D eigenvalue weighted by Crippen LogP contribution is 2.12. The summed E-state index contributed by atoms with van der Waals surface area (Å²) in [7, 11) is 0. The van der Waals surface area contributed by atoms with Gasteiger partial charge in [0.1, 0.15) is 17.8 Å². The normalized spacial score (nSPS) is 14.1. The summed E-state index contributed by atoms with van der Waals surface area (Å²) in [5, 5.41) is 23.8. The highest BCUT2D eigenvalue weighted by atomic mass is 32.2. The Morgan fingerprint density at radius 1 is 1.07 bits per heavy atom. The molecule has 0 fully saturated rings. The van der Waals surface area contributed by atoms with Crippen LogP contribution in [0.1, 0.15) is 32.3 Å². The summed E-state index contributed by atoms with van der Waals surface area (Å²) in [6.45, 7) is 3.82. The number of rotatable bonds is 12. The Labute approximate surface area is 175 Å². The lowest BCUT2D eigenvalue weighted by molar-refractivity contribution is -0.142. The zero-order valence-electron chi connectivity index (χ0n) is 17.1. The van der Waals surface area contributed by atoms with Crippen LogP contribution in [0.3, 0.4) is 0 Å². The minimum absolute atomic E-state index is 0.105. The van der Waals surface area contributed by atoms with E-state index < -0.39 is 35.9 Å². The molecule has 0 aliphatic rings. The third-order valence-electron chi connectivity index (χ3n) is 4.29. The molecule has 2 amide bonds. The molecule has 1 aromatic rings. The van der Waals surface area contributed by atoms with Crippen molar-refractivity contribution in [2.75, 3.05) is 12.0 Å². The van der Waals surface area contributed by atoms with E-state index >= 15 is 0 Å². The van der Waals surface area contributed by atoms with E-state index in [-0.39, 0.29) is 18.1 Å². The number of benzene rings is 1. The van der Waals surface area contributed by atoms with Crippen LogP contribution in [0.4, 0.5) is 0 Å². The van der Waals surface area contributed by atoms with Crippen molar-refractivity contribution < 1.29 is 24.6 Å². The van der Waals surface area contributed by atoms with E-state index in [9.17, 15) is 24.6 Å². The molecule has 0 saturated heterocycles. The van der Waals surface area contributed by atoms with E-state index in [2.05, 4.69) is 10.6 Å². The third kappa shape index (κ3) is 9.19. The number of hydrogen-bond donors (Lipinski definition) is 5. The fourth-order valence-corrected chi connectivity index (χ4v) is 3.20. The van der Waals surface area contributed by atoms with Crippen molar-refractivity contribution in [3.63, 3.8) is 0 Å². The molecule has 0 heterocycles. The Morgan fingerprint density at radius 2 is 1.66 bits per heavy atom. The van der Waals surface area contributed by atoms with Crippen LogP contribution in [-0.2, 0) is 20.8 Å². The summed E-state index contributed by atoms with van der Waals surface area (Å²) in [5.74, 6) is -1.31. The second-order valence-corrected chi connectivity index (χ2v) is 8.33. The minimum atomic E-state index is -1.11. The van der Waals surface area contributed by atoms with Gasteiger partial charge in [0.25, 0.3) is 0 Å². The van der Waals surface area contributed by atoms with Crippen molar-refractivity contribution in [2.45, 2.75) is 51.2 Å². The van der Waals surface area contributed by atoms with Crippen LogP contribution >= 0.6 is 11.8 Å². The van der Waals surface area contributed by atoms with Gasteiger partial charge in [0, 0.05) is 0 Å². The summed E-state index contributed by atoms with van der Waals surface area (Å²) in [6, 6.07) is 3.60. The maximum absolute atomic E-state index is 12.6. The molecule has 0 aromatic heterocycles. The molecule has 0 radical (unpaired) electrons. The van der Waals surface area contributed by atoms with E-state index in [1.807, 2.05) is 20.1 Å². The Morgan fingerprint density at radius 3 is 2.17 bits per heavy atom. The van der Waals surface area contributed by atoms with Gasteiger partial charge in [-0.3, -0.25) is 9.59 Å². The van der Waals surface area contributed by atoms with Crippen molar-refractivity contribution in [3.8, 4) is 5.75 Å². The van der Waals surface area contributed by atoms with Gasteiger partial charge in [0.2, 0.25) is 11.8 Å². The van der Waals surface area contributed by atoms with Gasteiger partial charge in [-0.15, -0.1) is 0 Å². The second-order valence-electron chi connectivity index (χ2n) is 7.35. The molecule has 6 N–H and O–H groups in total. The summed E-state index contributed by atoms with van der Waals surface area (Å²) in [4.78, 5) is 36.6. The van der Waals surface area contributed by atoms with Crippen LogP contribution in [0.5, 0.6) is 5.75 Å². The standard InChI is InChI=1S/C20H31N3O5S/c1-12(2)10-17(19(26)22-16(20(27)28)8-9-29-3)23-18(25)15(21)11-13-4-6-14(24)7-5-13/h4-7,12,15-17,24H,8-11,21H2,1-3H3,(H,22,26)(H,23,25)(H,27,28). The molecule has 3 unspecified atom stereocenters. The molecule has 162 valence electrons. The maximum Gasteiger partial charge on any atom is 0.326 e. The first-order valence-corrected chi connectivity index (χ1v) is 10.9. The van der Waals surface area contributed by atoms with Gasteiger partial charge in [-0.1, -0.05) is 26.0 Å². The molecule has 9 heteroatoms. The predicted molar refractivity (Wildman–Crippen MR) is 114 cm³/mol. The van der Waals surface area contributed by atoms with Crippen LogP contribution in [0, 0.1) is 5.92 Å². The van der Waals surface area contributed by atoms with Crippen LogP contribution < -0.4 is 16.4 Å². The molecule has 0 aliphatic heterocycles. The SMILES string of the molecule is CSCCC(NC(=O)C(CC(C)C)NC(=O)C(N)Cc1ccc(O)cc1)C(=O)O. The number of phenolic OH excluding ortho intramolecular Hbond substituents is 1. The molecule has 3 atom stereocenters. The number of nitrogens with one attached hydrogen (secondary N) is 2. The number of carboxylic acids is 1. The molecule has 29 heavy (non-hydrogen) atoms. The number of carbonyl (C=O) groups excluding carboxylic acids is 2. The van der Waals surface area contributed by atoms with Crippen molar-refractivity contribution in [1.29, 1.82) is 0 Å². The van der Waals surface area contributed by atoms with E-state index in [4.69, 9.17) is 5.73 Å². The fourth-order valence-electron chi connectivity index (χ4n) is 2.73. The van der Waals surface area contributed by atoms with Crippen LogP contribution in [-0.4, -0.2) is 58.1 Å². The molecular weight excluding hydrogens is 394 g/mol. The topological polar surface area (TPSA) is 142 Å². The molecule has 1 aromatic carbocycles. The Hall–Kier alpha value is -2.26. The summed E-state index contributed by atoms with van der Waals surface area (Å²) in [5.41, 5.74) is 6.75. The maximum atomic E-state index is 12.6. The first-order valence-electron chi connectivity index (χ1n) is 9.50. The molecular formula is C20H31N3O5S. The number of phenols is 1. The minimum Gasteiger partial charge on any atom is -0.508 e. The smallest absolute Gasteiger partial charge is 0.326 e. The zero-order chi connectivity index (χ0) is 22.0. The van der Waals surface area contributed by atoms with Gasteiger partial charge >= 0.3 is 5.97 Å². The van der Waals surface area contributed by atoms with Crippen molar-refractivity contribution in [2.24, 2.45) is 11.7 Å². The summed E-state index contributed by atoms with van der Waals surface area (Å²) < 4.78 is 0. The number of carbonyl (C=O) groups is 3. The van der Waals surface area contributed by atoms with Gasteiger partial charge in [0.15, 0.2) is 0 Å². The monoisotopic (exact) mass is 425 g/mol. The highest BCUT2D eigenvalue weighted by Gasteiger charge is 2.28. The van der Waals surface area contributed by atoms with E-state index in [1.165, 1.54) is 23.9 Å². The molecule has 0 aliphatic carbocycles. The Kier molecular flexibility index (Phi) is 10.5. The quantitative estimate of drug-likeness (QED) is 0.338. The number of thioether (sulfide) groups is 1. The number of aromatic hydroxyl groups is 1. The van der Waals surface area contributed by atoms with Crippen LogP contribution in [0.15, 0.2) is 24.3 Å². The molecule has 8 nitrogen and oxygen atoms in total. The first kappa shape index (κ1) is 24.8. The number of nitrogens with two attached hydrogens (primary N) is 1. The Bertz CT molecular complexity index is 681. The molecule has 0 spiro atoms. The number of amides is 2. The van der Waals surface area contributed by atoms with Gasteiger partial charge in [-0.25, -0.2) is 4.79 Å².